The molecule has 28 heavy (non-hydrogen) atoms. The fourth-order valence-electron chi connectivity index (χ4n) is 4.26. The van der Waals surface area contributed by atoms with Crippen LogP contribution in [0.2, 0.25) is 0 Å². The van der Waals surface area contributed by atoms with Gasteiger partial charge in [-0.05, 0) is 48.4 Å². The lowest BCUT2D eigenvalue weighted by atomic mass is 9.89. The zero-order chi connectivity index (χ0) is 20.1. The van der Waals surface area contributed by atoms with Gasteiger partial charge >= 0.3 is 0 Å². The fourth-order valence-corrected chi connectivity index (χ4v) is 4.26. The van der Waals surface area contributed by atoms with Crippen LogP contribution in [0.1, 0.15) is 76.1 Å². The maximum Gasteiger partial charge on any atom is 0.223 e. The van der Waals surface area contributed by atoms with E-state index in [1.54, 1.807) is 0 Å². The van der Waals surface area contributed by atoms with Crippen LogP contribution in [-0.2, 0) is 17.9 Å². The second kappa shape index (κ2) is 8.98. The van der Waals surface area contributed by atoms with E-state index in [1.807, 2.05) is 0 Å². The molecule has 0 saturated heterocycles. The van der Waals surface area contributed by atoms with Gasteiger partial charge in [-0.15, -0.1) is 0 Å². The van der Waals surface area contributed by atoms with Crippen molar-refractivity contribution in [3.8, 4) is 0 Å². The Morgan fingerprint density at radius 3 is 2.46 bits per heavy atom. The lowest BCUT2D eigenvalue weighted by Crippen LogP contribution is -2.42. The van der Waals surface area contributed by atoms with E-state index in [0.717, 1.165) is 25.9 Å². The Morgan fingerprint density at radius 1 is 1.07 bits per heavy atom. The molecule has 0 N–H and O–H groups in total. The van der Waals surface area contributed by atoms with Crippen molar-refractivity contribution >= 4 is 5.91 Å². The number of hydrogen-bond donors (Lipinski definition) is 0. The van der Waals surface area contributed by atoms with Gasteiger partial charge in [-0.1, -0.05) is 64.3 Å². The Balaban J connectivity index is 1.80. The van der Waals surface area contributed by atoms with Crippen LogP contribution >= 0.6 is 0 Å². The second-order valence-corrected chi connectivity index (χ2v) is 9.60. The molecule has 1 aromatic heterocycles. The van der Waals surface area contributed by atoms with Gasteiger partial charge in [-0.25, -0.2) is 0 Å². The zero-order valence-corrected chi connectivity index (χ0v) is 18.1. The molecule has 1 aromatic carbocycles. The summed E-state index contributed by atoms with van der Waals surface area (Å²) in [6, 6.07) is 13.2. The van der Waals surface area contributed by atoms with Gasteiger partial charge in [-0.2, -0.15) is 0 Å². The topological polar surface area (TPSA) is 25.2 Å². The highest BCUT2D eigenvalue weighted by atomic mass is 16.2. The lowest BCUT2D eigenvalue weighted by Gasteiger charge is -2.36. The highest BCUT2D eigenvalue weighted by Crippen LogP contribution is 2.28. The molecule has 1 saturated carbocycles. The molecule has 0 radical (unpaired) electrons. The van der Waals surface area contributed by atoms with Gasteiger partial charge in [0.1, 0.15) is 0 Å². The summed E-state index contributed by atoms with van der Waals surface area (Å²) >= 11 is 0. The van der Waals surface area contributed by atoms with Crippen LogP contribution < -0.4 is 0 Å². The molecule has 0 spiro atoms. The Labute approximate surface area is 170 Å². The number of amides is 1. The minimum atomic E-state index is 0.0210. The third-order valence-corrected chi connectivity index (χ3v) is 5.88. The molecule has 152 valence electrons. The third kappa shape index (κ3) is 5.50. The van der Waals surface area contributed by atoms with Crippen molar-refractivity contribution in [2.45, 2.75) is 85.4 Å². The predicted molar refractivity (Wildman–Crippen MR) is 116 cm³/mol. The number of aryl methyl sites for hydroxylation is 1. The minimum absolute atomic E-state index is 0.0210. The van der Waals surface area contributed by atoms with Crippen molar-refractivity contribution in [2.75, 3.05) is 0 Å². The second-order valence-electron chi connectivity index (χ2n) is 9.60. The molecule has 3 heteroatoms. The standard InChI is InChI=1S/C25H36N2O/c1-20-11-8-9-12-21(20)18-26-16-10-15-23(26)19-27(22-13-6-5-7-14-22)24(28)17-25(2,3)4/h8-12,15-16,22H,5-7,13-14,17-19H2,1-4H3. The summed E-state index contributed by atoms with van der Waals surface area (Å²) in [5, 5.41) is 0. The van der Waals surface area contributed by atoms with Gasteiger partial charge in [0.25, 0.3) is 0 Å². The summed E-state index contributed by atoms with van der Waals surface area (Å²) in [5.41, 5.74) is 3.91. The van der Waals surface area contributed by atoms with E-state index in [1.165, 1.54) is 36.1 Å². The summed E-state index contributed by atoms with van der Waals surface area (Å²) in [4.78, 5) is 15.4. The van der Waals surface area contributed by atoms with E-state index in [2.05, 4.69) is 79.8 Å². The average molecular weight is 381 g/mol. The summed E-state index contributed by atoms with van der Waals surface area (Å²) in [6.07, 6.45) is 8.85. The number of nitrogens with zero attached hydrogens (tertiary/aromatic N) is 2. The van der Waals surface area contributed by atoms with Crippen LogP contribution in [0.5, 0.6) is 0 Å². The molecular weight excluding hydrogens is 344 g/mol. The molecule has 1 heterocycles. The highest BCUT2D eigenvalue weighted by Gasteiger charge is 2.28. The lowest BCUT2D eigenvalue weighted by molar-refractivity contribution is -0.137. The van der Waals surface area contributed by atoms with Crippen LogP contribution in [0, 0.1) is 12.3 Å². The highest BCUT2D eigenvalue weighted by molar-refractivity contribution is 5.77. The van der Waals surface area contributed by atoms with Crippen LogP contribution in [0.15, 0.2) is 42.6 Å². The van der Waals surface area contributed by atoms with Gasteiger partial charge in [0.2, 0.25) is 5.91 Å². The van der Waals surface area contributed by atoms with Crippen molar-refractivity contribution in [3.05, 3.63) is 59.4 Å². The van der Waals surface area contributed by atoms with E-state index < -0.39 is 0 Å². The molecule has 0 bridgehead atoms. The SMILES string of the molecule is Cc1ccccc1Cn1cccc1CN(C(=O)CC(C)(C)C)C1CCCCC1. The molecule has 0 atom stereocenters. The molecule has 3 nitrogen and oxygen atoms in total. The number of hydrogen-bond acceptors (Lipinski definition) is 1. The van der Waals surface area contributed by atoms with Crippen LogP contribution in [0.3, 0.4) is 0 Å². The third-order valence-electron chi connectivity index (χ3n) is 5.88. The summed E-state index contributed by atoms with van der Waals surface area (Å²) < 4.78 is 2.31. The number of aromatic nitrogens is 1. The Bertz CT molecular complexity index is 778. The molecule has 1 fully saturated rings. The number of carbonyl (C=O) groups is 1. The minimum Gasteiger partial charge on any atom is -0.345 e. The Morgan fingerprint density at radius 2 is 1.79 bits per heavy atom. The quantitative estimate of drug-likeness (QED) is 0.608. The normalized spacial score (nSPS) is 15.6. The van der Waals surface area contributed by atoms with Crippen LogP contribution in [0.4, 0.5) is 0 Å². The summed E-state index contributed by atoms with van der Waals surface area (Å²) in [6.45, 7) is 10.2. The Hall–Kier alpha value is -2.03. The van der Waals surface area contributed by atoms with E-state index in [9.17, 15) is 4.79 Å². The van der Waals surface area contributed by atoms with Gasteiger partial charge in [0, 0.05) is 30.9 Å². The van der Waals surface area contributed by atoms with Crippen molar-refractivity contribution in [2.24, 2.45) is 5.41 Å². The van der Waals surface area contributed by atoms with E-state index in [0.29, 0.717) is 18.4 Å². The molecule has 1 amide bonds. The molecule has 1 aliphatic carbocycles. The van der Waals surface area contributed by atoms with Gasteiger partial charge in [0.15, 0.2) is 0 Å². The van der Waals surface area contributed by atoms with Crippen molar-refractivity contribution in [1.82, 2.24) is 9.47 Å². The molecular formula is C25H36N2O. The largest absolute Gasteiger partial charge is 0.345 e. The first kappa shape index (κ1) is 20.7. The first-order chi connectivity index (χ1) is 13.3. The molecule has 0 unspecified atom stereocenters. The van der Waals surface area contributed by atoms with Crippen molar-refractivity contribution in [3.63, 3.8) is 0 Å². The van der Waals surface area contributed by atoms with Crippen LogP contribution in [0.25, 0.3) is 0 Å². The zero-order valence-electron chi connectivity index (χ0n) is 18.1. The smallest absolute Gasteiger partial charge is 0.223 e. The van der Waals surface area contributed by atoms with E-state index >= 15 is 0 Å². The maximum absolute atomic E-state index is 13.2. The van der Waals surface area contributed by atoms with Crippen LogP contribution in [-0.4, -0.2) is 21.4 Å². The van der Waals surface area contributed by atoms with Crippen molar-refractivity contribution in [1.29, 1.82) is 0 Å². The average Bonchev–Trinajstić information content (AvgIpc) is 3.07. The number of rotatable bonds is 6. The van der Waals surface area contributed by atoms with Gasteiger partial charge < -0.3 is 9.47 Å². The maximum atomic E-state index is 13.2. The van der Waals surface area contributed by atoms with Crippen molar-refractivity contribution < 1.29 is 4.79 Å². The summed E-state index contributed by atoms with van der Waals surface area (Å²) in [5.74, 6) is 0.308. The number of benzene rings is 1. The molecule has 2 aromatic rings. The first-order valence-corrected chi connectivity index (χ1v) is 10.8. The number of carbonyl (C=O) groups excluding carboxylic acids is 1. The molecule has 3 rings (SSSR count). The van der Waals surface area contributed by atoms with E-state index in [-0.39, 0.29) is 5.41 Å². The fraction of sp³-hybridized carbons (Fsp3) is 0.560. The predicted octanol–water partition coefficient (Wildman–Crippen LogP) is 5.94. The monoisotopic (exact) mass is 380 g/mol. The Kier molecular flexibility index (Phi) is 6.64. The molecule has 0 aliphatic heterocycles. The van der Waals surface area contributed by atoms with E-state index in [4.69, 9.17) is 0 Å². The summed E-state index contributed by atoms with van der Waals surface area (Å²) in [7, 11) is 0. The molecule has 1 aliphatic rings. The van der Waals surface area contributed by atoms with Gasteiger partial charge in [0.05, 0.1) is 6.54 Å². The first-order valence-electron chi connectivity index (χ1n) is 10.8. The van der Waals surface area contributed by atoms with Gasteiger partial charge in [-0.3, -0.25) is 4.79 Å².